The van der Waals surface area contributed by atoms with Crippen LogP contribution in [-0.4, -0.2) is 19.1 Å². The standard InChI is InChI=1S/C22H22N4O2S/c1-25-19-18(20(27)24-21(25)28)26(14-8-13-16-9-4-2-5-10-16)22(23-19)29-15-17-11-6-3-7-12-17/h2-7,9-12H,8,13-15H2,1H3,(H,24,27,28). The molecular weight excluding hydrogens is 384 g/mol. The zero-order chi connectivity index (χ0) is 20.2. The highest BCUT2D eigenvalue weighted by Crippen LogP contribution is 2.25. The van der Waals surface area contributed by atoms with Gasteiger partial charge in [0.15, 0.2) is 16.3 Å². The van der Waals surface area contributed by atoms with Crippen LogP contribution in [0.4, 0.5) is 0 Å². The molecule has 6 nitrogen and oxygen atoms in total. The van der Waals surface area contributed by atoms with Gasteiger partial charge >= 0.3 is 5.69 Å². The van der Waals surface area contributed by atoms with Crippen LogP contribution < -0.4 is 11.2 Å². The lowest BCUT2D eigenvalue weighted by atomic mass is 10.1. The highest BCUT2D eigenvalue weighted by molar-refractivity contribution is 7.98. The van der Waals surface area contributed by atoms with Crippen LogP contribution in [0, 0.1) is 0 Å². The molecule has 0 aliphatic heterocycles. The lowest BCUT2D eigenvalue weighted by Crippen LogP contribution is -2.29. The number of hydrogen-bond acceptors (Lipinski definition) is 4. The number of aryl methyl sites for hydroxylation is 3. The van der Waals surface area contributed by atoms with Gasteiger partial charge in [0.1, 0.15) is 0 Å². The fourth-order valence-corrected chi connectivity index (χ4v) is 4.32. The maximum Gasteiger partial charge on any atom is 0.329 e. The van der Waals surface area contributed by atoms with Crippen molar-refractivity contribution in [1.82, 2.24) is 19.1 Å². The minimum absolute atomic E-state index is 0.387. The van der Waals surface area contributed by atoms with Crippen molar-refractivity contribution in [3.8, 4) is 0 Å². The van der Waals surface area contributed by atoms with Gasteiger partial charge in [-0.05, 0) is 24.0 Å². The molecular formula is C22H22N4O2S. The molecule has 0 radical (unpaired) electrons. The number of nitrogens with zero attached hydrogens (tertiary/aromatic N) is 3. The van der Waals surface area contributed by atoms with Crippen LogP contribution in [0.5, 0.6) is 0 Å². The molecule has 1 N–H and O–H groups in total. The van der Waals surface area contributed by atoms with E-state index in [1.807, 2.05) is 41.0 Å². The summed E-state index contributed by atoms with van der Waals surface area (Å²) in [4.78, 5) is 31.6. The van der Waals surface area contributed by atoms with Crippen LogP contribution >= 0.6 is 11.8 Å². The quantitative estimate of drug-likeness (QED) is 0.478. The van der Waals surface area contributed by atoms with Gasteiger partial charge in [0.2, 0.25) is 0 Å². The van der Waals surface area contributed by atoms with E-state index in [0.29, 0.717) is 17.7 Å². The number of benzene rings is 2. The van der Waals surface area contributed by atoms with Crippen molar-refractivity contribution in [2.24, 2.45) is 7.05 Å². The lowest BCUT2D eigenvalue weighted by molar-refractivity contribution is 0.608. The number of aromatic nitrogens is 4. The topological polar surface area (TPSA) is 72.7 Å². The Kier molecular flexibility index (Phi) is 5.67. The molecule has 2 aromatic heterocycles. The van der Waals surface area contributed by atoms with Crippen LogP contribution in [0.15, 0.2) is 75.4 Å². The third-order valence-electron chi connectivity index (χ3n) is 4.87. The Morgan fingerprint density at radius 2 is 1.62 bits per heavy atom. The van der Waals surface area contributed by atoms with Crippen molar-refractivity contribution in [2.75, 3.05) is 0 Å². The first-order chi connectivity index (χ1) is 14.1. The van der Waals surface area contributed by atoms with Gasteiger partial charge in [0.05, 0.1) is 0 Å². The summed E-state index contributed by atoms with van der Waals surface area (Å²) in [5.41, 5.74) is 2.49. The molecule has 0 saturated heterocycles. The molecule has 0 spiro atoms. The van der Waals surface area contributed by atoms with Crippen molar-refractivity contribution in [3.63, 3.8) is 0 Å². The molecule has 0 bridgehead atoms. The van der Waals surface area contributed by atoms with Gasteiger partial charge in [-0.15, -0.1) is 0 Å². The molecule has 4 aromatic rings. The molecule has 0 saturated carbocycles. The number of rotatable bonds is 7. The van der Waals surface area contributed by atoms with E-state index < -0.39 is 5.69 Å². The van der Waals surface area contributed by atoms with Crippen molar-refractivity contribution < 1.29 is 0 Å². The van der Waals surface area contributed by atoms with Crippen molar-refractivity contribution in [1.29, 1.82) is 0 Å². The van der Waals surface area contributed by atoms with E-state index in [9.17, 15) is 9.59 Å². The second kappa shape index (κ2) is 8.53. The second-order valence-electron chi connectivity index (χ2n) is 6.90. The zero-order valence-corrected chi connectivity index (χ0v) is 17.0. The largest absolute Gasteiger partial charge is 0.329 e. The SMILES string of the molecule is Cn1c(=O)[nH]c(=O)c2c1nc(SCc1ccccc1)n2CCCc1ccccc1. The van der Waals surface area contributed by atoms with Gasteiger partial charge in [-0.25, -0.2) is 9.78 Å². The van der Waals surface area contributed by atoms with Crippen LogP contribution in [0.2, 0.25) is 0 Å². The van der Waals surface area contributed by atoms with Crippen molar-refractivity contribution in [2.45, 2.75) is 30.3 Å². The van der Waals surface area contributed by atoms with E-state index in [2.05, 4.69) is 34.2 Å². The summed E-state index contributed by atoms with van der Waals surface area (Å²) < 4.78 is 3.35. The maximum atomic E-state index is 12.6. The summed E-state index contributed by atoms with van der Waals surface area (Å²) in [5.74, 6) is 0.745. The molecule has 0 fully saturated rings. The predicted molar refractivity (Wildman–Crippen MR) is 116 cm³/mol. The molecule has 2 aromatic carbocycles. The highest BCUT2D eigenvalue weighted by atomic mass is 32.2. The average Bonchev–Trinajstić information content (AvgIpc) is 3.11. The van der Waals surface area contributed by atoms with E-state index in [-0.39, 0.29) is 5.56 Å². The van der Waals surface area contributed by atoms with E-state index >= 15 is 0 Å². The lowest BCUT2D eigenvalue weighted by Gasteiger charge is -2.09. The molecule has 0 aliphatic carbocycles. The Hall–Kier alpha value is -3.06. The third-order valence-corrected chi connectivity index (χ3v) is 5.92. The van der Waals surface area contributed by atoms with Gasteiger partial charge in [-0.3, -0.25) is 14.3 Å². The molecule has 29 heavy (non-hydrogen) atoms. The van der Waals surface area contributed by atoms with E-state index in [4.69, 9.17) is 0 Å². The summed E-state index contributed by atoms with van der Waals surface area (Å²) in [6, 6.07) is 20.4. The van der Waals surface area contributed by atoms with Crippen LogP contribution in [-0.2, 0) is 25.8 Å². The Morgan fingerprint density at radius 1 is 0.966 bits per heavy atom. The monoisotopic (exact) mass is 406 g/mol. The Balaban J connectivity index is 1.66. The molecule has 2 heterocycles. The third kappa shape index (κ3) is 4.19. The first-order valence-electron chi connectivity index (χ1n) is 9.53. The van der Waals surface area contributed by atoms with Crippen molar-refractivity contribution in [3.05, 3.63) is 92.6 Å². The van der Waals surface area contributed by atoms with E-state index in [1.165, 1.54) is 15.7 Å². The molecule has 0 amide bonds. The molecule has 4 rings (SSSR count). The maximum absolute atomic E-state index is 12.6. The molecule has 7 heteroatoms. The zero-order valence-electron chi connectivity index (χ0n) is 16.2. The minimum Gasteiger partial charge on any atom is -0.313 e. The average molecular weight is 407 g/mol. The Labute approximate surface area is 172 Å². The Morgan fingerprint density at radius 3 is 2.31 bits per heavy atom. The highest BCUT2D eigenvalue weighted by Gasteiger charge is 2.17. The van der Waals surface area contributed by atoms with Gasteiger partial charge in [-0.2, -0.15) is 0 Å². The number of imidazole rings is 1. The van der Waals surface area contributed by atoms with Gasteiger partial charge < -0.3 is 4.57 Å². The fraction of sp³-hybridized carbons (Fsp3) is 0.227. The van der Waals surface area contributed by atoms with E-state index in [1.54, 1.807) is 18.8 Å². The van der Waals surface area contributed by atoms with Crippen LogP contribution in [0.3, 0.4) is 0 Å². The normalized spacial score (nSPS) is 11.2. The Bertz CT molecular complexity index is 1230. The van der Waals surface area contributed by atoms with Crippen LogP contribution in [0.1, 0.15) is 17.5 Å². The minimum atomic E-state index is -0.448. The summed E-state index contributed by atoms with van der Waals surface area (Å²) in [6.07, 6.45) is 1.78. The van der Waals surface area contributed by atoms with Crippen LogP contribution in [0.25, 0.3) is 11.2 Å². The number of nitrogens with one attached hydrogen (secondary N) is 1. The predicted octanol–water partition coefficient (Wildman–Crippen LogP) is 3.35. The molecule has 148 valence electrons. The number of fused-ring (bicyclic) bond motifs is 1. The first kappa shape index (κ1) is 19.3. The summed E-state index contributed by atoms with van der Waals surface area (Å²) in [5, 5.41) is 0.753. The number of H-pyrrole nitrogens is 1. The number of hydrogen-bond donors (Lipinski definition) is 1. The van der Waals surface area contributed by atoms with E-state index in [0.717, 1.165) is 23.8 Å². The first-order valence-corrected chi connectivity index (χ1v) is 10.5. The smallest absolute Gasteiger partial charge is 0.313 e. The van der Waals surface area contributed by atoms with Gasteiger partial charge in [0, 0.05) is 19.3 Å². The van der Waals surface area contributed by atoms with Gasteiger partial charge in [-0.1, -0.05) is 72.4 Å². The second-order valence-corrected chi connectivity index (χ2v) is 7.84. The molecule has 0 aliphatic rings. The summed E-state index contributed by atoms with van der Waals surface area (Å²) in [6.45, 7) is 0.657. The molecule has 0 unspecified atom stereocenters. The summed E-state index contributed by atoms with van der Waals surface area (Å²) in [7, 11) is 1.63. The number of aromatic amines is 1. The van der Waals surface area contributed by atoms with Crippen molar-refractivity contribution >= 4 is 22.9 Å². The fourth-order valence-electron chi connectivity index (χ4n) is 3.34. The molecule has 0 atom stereocenters. The van der Waals surface area contributed by atoms with Gasteiger partial charge in [0.25, 0.3) is 5.56 Å². The summed E-state index contributed by atoms with van der Waals surface area (Å²) >= 11 is 1.58. The number of thioether (sulfide) groups is 1.